The van der Waals surface area contributed by atoms with Crippen LogP contribution in [0.25, 0.3) is 39.1 Å². The second-order valence-corrected chi connectivity index (χ2v) is 8.70. The van der Waals surface area contributed by atoms with Gasteiger partial charge in [-0.3, -0.25) is 0 Å². The molecule has 0 radical (unpaired) electrons. The van der Waals surface area contributed by atoms with Gasteiger partial charge in [0, 0.05) is 28.0 Å². The maximum absolute atomic E-state index is 15.4. The lowest BCUT2D eigenvalue weighted by Gasteiger charge is -2.23. The number of benzene rings is 4. The molecule has 0 amide bonds. The van der Waals surface area contributed by atoms with E-state index in [0.29, 0.717) is 24.3 Å². The SMILES string of the molecule is C=C(F)/C=C\c1c(C)c(-c2ccc(F)cc2F)c2c(F)c(F)c(F)c(F)c2c1-c1c(F)c(F)c(C(F)(F)F)c(F)c1F. The van der Waals surface area contributed by atoms with E-state index in [1.807, 2.05) is 0 Å². The molecular formula is C28H10F14. The highest BCUT2D eigenvalue weighted by atomic mass is 19.4. The summed E-state index contributed by atoms with van der Waals surface area (Å²) in [5.74, 6) is -25.9. The van der Waals surface area contributed by atoms with E-state index in [9.17, 15) is 43.9 Å². The molecule has 4 aromatic carbocycles. The molecule has 0 fully saturated rings. The molecule has 0 heterocycles. The van der Waals surface area contributed by atoms with Crippen LogP contribution in [0.3, 0.4) is 0 Å². The maximum atomic E-state index is 15.4. The first-order valence-electron chi connectivity index (χ1n) is 11.1. The van der Waals surface area contributed by atoms with Gasteiger partial charge in [0.1, 0.15) is 23.0 Å². The van der Waals surface area contributed by atoms with Gasteiger partial charge in [0.05, 0.1) is 5.56 Å². The summed E-state index contributed by atoms with van der Waals surface area (Å²) in [6.07, 6.45) is -5.18. The minimum absolute atomic E-state index is 0.224. The van der Waals surface area contributed by atoms with E-state index < -0.39 is 120 Å². The molecule has 0 saturated heterocycles. The van der Waals surface area contributed by atoms with Crippen LogP contribution in [0.2, 0.25) is 0 Å². The molecule has 220 valence electrons. The Morgan fingerprint density at radius 1 is 0.667 bits per heavy atom. The van der Waals surface area contributed by atoms with Gasteiger partial charge in [-0.25, -0.2) is 48.3 Å². The van der Waals surface area contributed by atoms with E-state index in [1.54, 1.807) is 0 Å². The summed E-state index contributed by atoms with van der Waals surface area (Å²) in [5.41, 5.74) is -10.3. The Morgan fingerprint density at radius 2 is 1.17 bits per heavy atom. The Morgan fingerprint density at radius 3 is 1.62 bits per heavy atom. The van der Waals surface area contributed by atoms with Crippen molar-refractivity contribution >= 4 is 16.8 Å². The minimum Gasteiger partial charge on any atom is -0.208 e. The highest BCUT2D eigenvalue weighted by Crippen LogP contribution is 2.49. The van der Waals surface area contributed by atoms with Crippen molar-refractivity contribution in [3.63, 3.8) is 0 Å². The zero-order valence-corrected chi connectivity index (χ0v) is 20.4. The monoisotopic (exact) mass is 612 g/mol. The van der Waals surface area contributed by atoms with E-state index in [2.05, 4.69) is 6.58 Å². The minimum atomic E-state index is -6.02. The Bertz CT molecular complexity index is 1820. The molecule has 0 saturated carbocycles. The van der Waals surface area contributed by atoms with Crippen molar-refractivity contribution in [2.75, 3.05) is 0 Å². The summed E-state index contributed by atoms with van der Waals surface area (Å²) in [4.78, 5) is 0. The van der Waals surface area contributed by atoms with Crippen molar-refractivity contribution in [3.8, 4) is 22.3 Å². The summed E-state index contributed by atoms with van der Waals surface area (Å²) in [6.45, 7) is 3.68. The molecule has 0 aliphatic carbocycles. The lowest BCUT2D eigenvalue weighted by atomic mass is 9.82. The van der Waals surface area contributed by atoms with Crippen molar-refractivity contribution in [2.24, 2.45) is 0 Å². The van der Waals surface area contributed by atoms with E-state index in [4.69, 9.17) is 0 Å². The van der Waals surface area contributed by atoms with Crippen LogP contribution in [-0.2, 0) is 6.18 Å². The number of fused-ring (bicyclic) bond motifs is 1. The van der Waals surface area contributed by atoms with Crippen LogP contribution < -0.4 is 0 Å². The van der Waals surface area contributed by atoms with E-state index >= 15 is 17.6 Å². The van der Waals surface area contributed by atoms with Gasteiger partial charge in [0.15, 0.2) is 46.5 Å². The van der Waals surface area contributed by atoms with E-state index in [-0.39, 0.29) is 6.07 Å². The number of halogens is 14. The highest BCUT2D eigenvalue weighted by Gasteiger charge is 2.43. The second-order valence-electron chi connectivity index (χ2n) is 8.70. The van der Waals surface area contributed by atoms with Crippen LogP contribution >= 0.6 is 0 Å². The lowest BCUT2D eigenvalue weighted by Crippen LogP contribution is -2.16. The molecule has 0 atom stereocenters. The smallest absolute Gasteiger partial charge is 0.208 e. The average molecular weight is 612 g/mol. The van der Waals surface area contributed by atoms with Crippen LogP contribution in [0.4, 0.5) is 61.5 Å². The highest BCUT2D eigenvalue weighted by molar-refractivity contribution is 6.10. The zero-order chi connectivity index (χ0) is 31.6. The molecule has 4 aromatic rings. The van der Waals surface area contributed by atoms with Gasteiger partial charge >= 0.3 is 6.18 Å². The number of hydrogen-bond donors (Lipinski definition) is 0. The summed E-state index contributed by atoms with van der Waals surface area (Å²) in [5, 5.41) is -3.25. The molecule has 0 N–H and O–H groups in total. The van der Waals surface area contributed by atoms with Gasteiger partial charge in [-0.15, -0.1) is 0 Å². The zero-order valence-electron chi connectivity index (χ0n) is 20.4. The number of hydrogen-bond acceptors (Lipinski definition) is 0. The molecule has 0 bridgehead atoms. The molecule has 0 unspecified atom stereocenters. The van der Waals surface area contributed by atoms with Gasteiger partial charge in [-0.05, 0) is 41.8 Å². The molecule has 0 spiro atoms. The first kappa shape index (κ1) is 30.6. The van der Waals surface area contributed by atoms with Gasteiger partial charge in [-0.1, -0.05) is 12.7 Å². The standard InChI is InChI=1S/C28H10F14/c1-8(29)3-5-11-9(2)14(12-6-4-10(30)7-13(12)31)16-17(21(33)27(39)26(38)20(16)32)15(11)18-22(34)24(36)19(28(40,41)42)25(37)23(18)35/h3-7H,1H2,2H3/b5-3-. The molecule has 0 nitrogen and oxygen atoms in total. The summed E-state index contributed by atoms with van der Waals surface area (Å²) < 4.78 is 201. The van der Waals surface area contributed by atoms with E-state index in [0.717, 1.165) is 6.92 Å². The van der Waals surface area contributed by atoms with Gasteiger partial charge < -0.3 is 0 Å². The fourth-order valence-corrected chi connectivity index (χ4v) is 4.52. The summed E-state index contributed by atoms with van der Waals surface area (Å²) in [7, 11) is 0. The fourth-order valence-electron chi connectivity index (χ4n) is 4.52. The van der Waals surface area contributed by atoms with E-state index in [1.165, 1.54) is 0 Å². The van der Waals surface area contributed by atoms with Gasteiger partial charge in [0.2, 0.25) is 0 Å². The number of rotatable bonds is 4. The van der Waals surface area contributed by atoms with Gasteiger partial charge in [0.25, 0.3) is 0 Å². The predicted molar refractivity (Wildman–Crippen MR) is 123 cm³/mol. The first-order chi connectivity index (χ1) is 19.4. The van der Waals surface area contributed by atoms with Gasteiger partial charge in [-0.2, -0.15) is 13.2 Å². The average Bonchev–Trinajstić information content (AvgIpc) is 2.88. The molecule has 42 heavy (non-hydrogen) atoms. The quantitative estimate of drug-likeness (QED) is 0.0932. The Hall–Kier alpha value is -4.36. The topological polar surface area (TPSA) is 0 Å². The van der Waals surface area contributed by atoms with Crippen molar-refractivity contribution in [3.05, 3.63) is 112 Å². The largest absolute Gasteiger partial charge is 0.422 e. The molecule has 4 rings (SSSR count). The Labute approximate surface area is 225 Å². The fraction of sp³-hybridized carbons (Fsp3) is 0.0714. The van der Waals surface area contributed by atoms with Crippen LogP contribution in [0.1, 0.15) is 16.7 Å². The molecular weight excluding hydrogens is 602 g/mol. The van der Waals surface area contributed by atoms with Crippen LogP contribution in [0.15, 0.2) is 36.7 Å². The van der Waals surface area contributed by atoms with Crippen molar-refractivity contribution in [1.29, 1.82) is 0 Å². The van der Waals surface area contributed by atoms with Crippen molar-refractivity contribution in [1.82, 2.24) is 0 Å². The van der Waals surface area contributed by atoms with Crippen molar-refractivity contribution < 1.29 is 61.5 Å². The second kappa shape index (κ2) is 10.5. The third-order valence-electron chi connectivity index (χ3n) is 6.24. The molecule has 0 aliphatic heterocycles. The van der Waals surface area contributed by atoms with Crippen LogP contribution in [0.5, 0.6) is 0 Å². The summed E-state index contributed by atoms with van der Waals surface area (Å²) in [6, 6.07) is 1.43. The third kappa shape index (κ3) is 4.68. The lowest BCUT2D eigenvalue weighted by molar-refractivity contribution is -0.143. The van der Waals surface area contributed by atoms with Crippen LogP contribution in [0, 0.1) is 65.1 Å². The first-order valence-corrected chi connectivity index (χ1v) is 11.1. The predicted octanol–water partition coefficient (Wildman–Crippen LogP) is 10.4. The maximum Gasteiger partial charge on any atom is 0.422 e. The molecule has 14 heteroatoms. The molecule has 0 aliphatic rings. The third-order valence-corrected chi connectivity index (χ3v) is 6.24. The Balaban J connectivity index is 2.43. The van der Waals surface area contributed by atoms with Crippen LogP contribution in [-0.4, -0.2) is 0 Å². The number of alkyl halides is 3. The molecule has 0 aromatic heterocycles. The normalized spacial score (nSPS) is 12.2. The number of allylic oxidation sites excluding steroid dienone is 2. The summed E-state index contributed by atoms with van der Waals surface area (Å²) >= 11 is 0. The Kier molecular flexibility index (Phi) is 7.63. The van der Waals surface area contributed by atoms with Crippen molar-refractivity contribution in [2.45, 2.75) is 13.1 Å².